The van der Waals surface area contributed by atoms with Gasteiger partial charge in [-0.1, -0.05) is 81.3 Å². The Morgan fingerprint density at radius 3 is 1.16 bits per heavy atom. The Hall–Kier alpha value is -5.50. The molecule has 0 radical (unpaired) electrons. The van der Waals surface area contributed by atoms with Crippen LogP contribution in [0.5, 0.6) is 28.7 Å². The van der Waals surface area contributed by atoms with E-state index >= 15 is 0 Å². The highest BCUT2D eigenvalue weighted by Crippen LogP contribution is 2.38. The predicted molar refractivity (Wildman–Crippen MR) is 476 cm³/mol. The van der Waals surface area contributed by atoms with Crippen molar-refractivity contribution in [3.05, 3.63) is 197 Å². The van der Waals surface area contributed by atoms with E-state index in [9.17, 15) is 42.1 Å². The van der Waals surface area contributed by atoms with Crippen molar-refractivity contribution in [3.8, 4) is 28.7 Å². The van der Waals surface area contributed by atoms with Crippen LogP contribution in [0.3, 0.4) is 0 Å². The van der Waals surface area contributed by atoms with Gasteiger partial charge in [0.25, 0.3) is 0 Å². The van der Waals surface area contributed by atoms with E-state index in [1.54, 1.807) is 119 Å². The number of nitrogens with zero attached hydrogens (tertiary/aromatic N) is 7. The van der Waals surface area contributed by atoms with Gasteiger partial charge >= 0.3 is 0 Å². The summed E-state index contributed by atoms with van der Waals surface area (Å²) in [5.41, 5.74) is 7.49. The van der Waals surface area contributed by atoms with Gasteiger partial charge < -0.3 is 33.5 Å². The van der Waals surface area contributed by atoms with Crippen LogP contribution in [-0.2, 0) is 89.3 Å². The summed E-state index contributed by atoms with van der Waals surface area (Å²) in [4.78, 5) is 10.7. The van der Waals surface area contributed by atoms with Gasteiger partial charge in [-0.2, -0.15) is 21.5 Å². The molecule has 116 heavy (non-hydrogen) atoms. The maximum Gasteiger partial charge on any atom is 0.243 e. The number of methoxy groups -OCH3 is 5. The van der Waals surface area contributed by atoms with Gasteiger partial charge in [0.2, 0.25) is 50.1 Å². The topological polar surface area (TPSA) is 240 Å². The molecule has 0 spiro atoms. The number of fused-ring (bicyclic) bond motifs is 5. The fourth-order valence-electron chi connectivity index (χ4n) is 13.7. The van der Waals surface area contributed by atoms with Crippen LogP contribution >= 0.6 is 58.8 Å². The van der Waals surface area contributed by atoms with Crippen molar-refractivity contribution in [1.82, 2.24) is 31.3 Å². The zero-order valence-electron chi connectivity index (χ0n) is 68.3. The Kier molecular flexibility index (Phi) is 37.4. The van der Waals surface area contributed by atoms with E-state index in [4.69, 9.17) is 23.7 Å². The van der Waals surface area contributed by atoms with E-state index in [1.807, 2.05) is 110 Å². The molecule has 22 nitrogen and oxygen atoms in total. The summed E-state index contributed by atoms with van der Waals surface area (Å²) < 4.78 is 159. The second kappa shape index (κ2) is 45.9. The maximum atomic E-state index is 13.1. The summed E-state index contributed by atoms with van der Waals surface area (Å²) in [6.45, 7) is 19.6. The number of rotatable bonds is 26. The van der Waals surface area contributed by atoms with Crippen LogP contribution in [0, 0.1) is 12.8 Å². The summed E-state index contributed by atoms with van der Waals surface area (Å²) in [7, 11) is -8.44. The highest BCUT2D eigenvalue weighted by molar-refractivity contribution is 8.00. The van der Waals surface area contributed by atoms with Gasteiger partial charge in [0, 0.05) is 137 Å². The Labute approximate surface area is 713 Å². The minimum atomic E-state index is -3.49. The van der Waals surface area contributed by atoms with Crippen LogP contribution in [0.25, 0.3) is 0 Å². The van der Waals surface area contributed by atoms with E-state index in [0.717, 1.165) is 192 Å². The first-order chi connectivity index (χ1) is 55.6. The molecule has 0 bridgehead atoms. The molecule has 1 saturated heterocycles. The third kappa shape index (κ3) is 28.3. The minimum Gasteiger partial charge on any atom is -0.497 e. The Morgan fingerprint density at radius 2 is 0.784 bits per heavy atom. The monoisotopic (exact) mass is 1780 g/mol. The number of hydrogen-bond acceptors (Lipinski definition) is 22. The Balaban J connectivity index is 0.000000169. The lowest BCUT2D eigenvalue weighted by Crippen LogP contribution is -2.41. The van der Waals surface area contributed by atoms with Crippen LogP contribution in [0.2, 0.25) is 0 Å². The number of sulfonamides is 5. The van der Waals surface area contributed by atoms with Crippen LogP contribution in [-0.4, -0.2) is 227 Å². The largest absolute Gasteiger partial charge is 0.497 e. The molecule has 6 aliphatic rings. The van der Waals surface area contributed by atoms with Crippen molar-refractivity contribution in [2.75, 3.05) is 154 Å². The summed E-state index contributed by atoms with van der Waals surface area (Å²) >= 11 is 8.48. The molecule has 32 heteroatoms. The van der Waals surface area contributed by atoms with E-state index in [0.29, 0.717) is 89.4 Å². The molecule has 6 heterocycles. The van der Waals surface area contributed by atoms with Crippen LogP contribution < -0.4 is 23.7 Å². The average molecular weight is 1780 g/mol. The normalized spacial score (nSPS) is 16.9. The van der Waals surface area contributed by atoms with E-state index in [1.165, 1.54) is 20.4 Å². The highest BCUT2D eigenvalue weighted by atomic mass is 32.2. The van der Waals surface area contributed by atoms with Crippen LogP contribution in [0.4, 0.5) is 0 Å². The Bertz CT molecular complexity index is 4910. The molecule has 0 N–H and O–H groups in total. The number of benzene rings is 7. The molecular formula is C84H115N7O15S10. The molecule has 7 aromatic rings. The van der Waals surface area contributed by atoms with Gasteiger partial charge in [-0.05, 0) is 208 Å². The number of aryl methyl sites for hydroxylation is 1. The van der Waals surface area contributed by atoms with E-state index in [-0.39, 0.29) is 11.5 Å². The smallest absolute Gasteiger partial charge is 0.243 e. The third-order valence-electron chi connectivity index (χ3n) is 20.6. The SMILES string of the molecule is C=CS(=O)(=O)N1CCSc2ccc(OC)cc2C1.CCCCN(CCCC)CCS(=O)(=O)N1CCSc2ccc(OC)cc2C1.COc1ccc2c(c1)CN(S(=O)(=O)CCN1CCC(Cc3ccccc3)CC1)CCS2.COc1ccc2c(c1)CN(S(=O)(=O)c1ccc(C)cc1)CCS2.COc1ccc2c(c1)CN(S(C)(=O)=O)CCS2. The number of thioether (sulfide) groups is 5. The summed E-state index contributed by atoms with van der Waals surface area (Å²) in [5, 5.41) is 1.00. The lowest BCUT2D eigenvalue weighted by atomic mass is 9.90. The van der Waals surface area contributed by atoms with Crippen molar-refractivity contribution < 1.29 is 65.8 Å². The predicted octanol–water partition coefficient (Wildman–Crippen LogP) is 14.7. The minimum absolute atomic E-state index is 0.195. The number of ether oxygens (including phenoxy) is 5. The second-order valence-corrected chi connectivity index (χ2v) is 44.4. The quantitative estimate of drug-likeness (QED) is 0.0489. The molecular weight excluding hydrogens is 1670 g/mol. The lowest BCUT2D eigenvalue weighted by molar-refractivity contribution is 0.192. The lowest BCUT2D eigenvalue weighted by Gasteiger charge is -2.32. The molecule has 0 saturated carbocycles. The maximum absolute atomic E-state index is 13.1. The number of likely N-dealkylation sites (tertiary alicyclic amines) is 1. The van der Waals surface area contributed by atoms with Gasteiger partial charge in [-0.3, -0.25) is 0 Å². The molecule has 1 fully saturated rings. The van der Waals surface area contributed by atoms with Crippen molar-refractivity contribution >= 4 is 109 Å². The summed E-state index contributed by atoms with van der Waals surface area (Å²) in [5.74, 6) is 8.73. The molecule has 0 unspecified atom stereocenters. The number of unbranched alkanes of at least 4 members (excludes halogenated alkanes) is 2. The van der Waals surface area contributed by atoms with Crippen LogP contribution in [0.1, 0.15) is 91.3 Å². The fraction of sp³-hybridized carbons (Fsp3) is 0.476. The standard InChI is InChI=1S/C24H32N2O3S2.C20H34N2O3S2.C17H19NO3S2.C12H15NO3S2.C11H15NO3S2/c1-29-23-7-8-24-22(18-23)19-26(13-15-30-24)31(27,28)16-14-25-11-9-21(10-12-25)17-20-5-3-2-4-6-20;1-4-6-10-21(11-7-5-2)13-15-27(23,24)22-12-14-26-20-9-8-19(25-3)16-18(20)17-22;1-13-3-6-16(7-4-13)23(19,20)18-9-10-22-17-8-5-15(21-2)11-14(17)12-18;1-3-18(14,15)13-6-7-17-12-5-4-11(16-2)8-10(12)9-13;1-15-10-3-4-11-9(7-10)8-12(5-6-16-11)17(2,13)14/h2-8,18,21H,9-17,19H2,1H3;8-9,16H,4-7,10-15,17H2,1-3H3;3-8,11H,9-10,12H2,1-2H3;3-5,8H,1,6-7,9H2,2H3;3-4,7H,5-6,8H2,1-2H3. The molecule has 13 rings (SSSR count). The van der Waals surface area contributed by atoms with E-state index < -0.39 is 50.1 Å². The number of piperidine rings is 1. The van der Waals surface area contributed by atoms with Gasteiger partial charge in [-0.15, -0.1) is 58.8 Å². The first-order valence-corrected chi connectivity index (χ1v) is 52.1. The van der Waals surface area contributed by atoms with Gasteiger partial charge in [0.05, 0.1) is 58.2 Å². The zero-order chi connectivity index (χ0) is 83.5. The van der Waals surface area contributed by atoms with Crippen molar-refractivity contribution in [3.63, 3.8) is 0 Å². The third-order valence-corrected chi connectivity index (χ3v) is 34.2. The van der Waals surface area contributed by atoms with Crippen molar-refractivity contribution in [2.45, 2.75) is 128 Å². The molecule has 6 aliphatic heterocycles. The highest BCUT2D eigenvalue weighted by Gasteiger charge is 2.32. The van der Waals surface area contributed by atoms with Crippen LogP contribution in [0.15, 0.2) is 187 Å². The van der Waals surface area contributed by atoms with Gasteiger partial charge in [-0.25, -0.2) is 42.1 Å². The molecule has 7 aromatic carbocycles. The van der Waals surface area contributed by atoms with Crippen molar-refractivity contribution in [2.24, 2.45) is 5.92 Å². The molecule has 0 aliphatic carbocycles. The molecule has 636 valence electrons. The fourth-order valence-corrected chi connectivity index (χ4v) is 25.3. The Morgan fingerprint density at radius 1 is 0.431 bits per heavy atom. The average Bonchev–Trinajstić information content (AvgIpc) is 1.34. The second-order valence-electron chi connectivity index (χ2n) is 28.7. The summed E-state index contributed by atoms with van der Waals surface area (Å²) in [6, 6.07) is 47.0. The molecule has 0 atom stereocenters. The van der Waals surface area contributed by atoms with Gasteiger partial charge in [0.1, 0.15) is 28.7 Å². The van der Waals surface area contributed by atoms with E-state index in [2.05, 4.69) is 60.6 Å². The summed E-state index contributed by atoms with van der Waals surface area (Å²) in [6.07, 6.45) is 9.18. The first-order valence-electron chi connectivity index (χ1n) is 39.2. The first kappa shape index (κ1) is 94.4. The molecule has 0 aromatic heterocycles. The molecule has 0 amide bonds. The van der Waals surface area contributed by atoms with Gasteiger partial charge in [0.15, 0.2) is 0 Å². The number of hydrogen-bond donors (Lipinski definition) is 0. The van der Waals surface area contributed by atoms with Crippen molar-refractivity contribution in [1.29, 1.82) is 0 Å². The zero-order valence-corrected chi connectivity index (χ0v) is 76.4.